The van der Waals surface area contributed by atoms with Crippen LogP contribution < -0.4 is 14.4 Å². The first-order valence-electron chi connectivity index (χ1n) is 13.1. The highest BCUT2D eigenvalue weighted by molar-refractivity contribution is 7.92. The monoisotopic (exact) mass is 565 g/mol. The first-order chi connectivity index (χ1) is 18.7. The van der Waals surface area contributed by atoms with E-state index in [9.17, 15) is 18.0 Å². The molecular formula is C31H39N3O5S. The minimum Gasteiger partial charge on any atom is -0.497 e. The second kappa shape index (κ2) is 12.6. The standard InChI is InChI=1S/C31H39N3O5S/c1-22-8-14-26(15-9-22)34(40(37,38)28-18-10-23(2)11-19-28)21-29(35)33(24(3)30(36)32-31(4,5)6)20-25-12-16-27(39-7)17-13-25/h8-19,24H,20-21H2,1-7H3,(H,32,36). The van der Waals surface area contributed by atoms with E-state index in [4.69, 9.17) is 4.74 Å². The van der Waals surface area contributed by atoms with Gasteiger partial charge < -0.3 is 15.0 Å². The molecule has 0 aliphatic carbocycles. The van der Waals surface area contributed by atoms with Crippen molar-refractivity contribution in [2.75, 3.05) is 18.0 Å². The molecule has 9 heteroatoms. The maximum Gasteiger partial charge on any atom is 0.264 e. The minimum atomic E-state index is -4.10. The predicted molar refractivity (Wildman–Crippen MR) is 158 cm³/mol. The van der Waals surface area contributed by atoms with Crippen LogP contribution in [-0.2, 0) is 26.2 Å². The number of benzene rings is 3. The Balaban J connectivity index is 2.02. The highest BCUT2D eigenvalue weighted by Crippen LogP contribution is 2.25. The van der Waals surface area contributed by atoms with Gasteiger partial charge in [0.1, 0.15) is 18.3 Å². The highest BCUT2D eigenvalue weighted by atomic mass is 32.2. The number of sulfonamides is 1. The molecule has 40 heavy (non-hydrogen) atoms. The van der Waals surface area contributed by atoms with Crippen LogP contribution in [0, 0.1) is 13.8 Å². The van der Waals surface area contributed by atoms with Crippen molar-refractivity contribution in [3.05, 3.63) is 89.5 Å². The number of nitrogens with zero attached hydrogens (tertiary/aromatic N) is 2. The molecule has 0 fully saturated rings. The number of aryl methyl sites for hydroxylation is 2. The van der Waals surface area contributed by atoms with Crippen molar-refractivity contribution in [3.8, 4) is 5.75 Å². The summed E-state index contributed by atoms with van der Waals surface area (Å²) in [4.78, 5) is 28.6. The van der Waals surface area contributed by atoms with Gasteiger partial charge in [-0.15, -0.1) is 0 Å². The van der Waals surface area contributed by atoms with Crippen LogP contribution in [0.1, 0.15) is 44.4 Å². The van der Waals surface area contributed by atoms with E-state index >= 15 is 0 Å². The topological polar surface area (TPSA) is 96.0 Å². The average molecular weight is 566 g/mol. The smallest absolute Gasteiger partial charge is 0.264 e. The molecule has 2 amide bonds. The number of carbonyl (C=O) groups excluding carboxylic acids is 2. The Morgan fingerprint density at radius 3 is 1.90 bits per heavy atom. The molecule has 1 N–H and O–H groups in total. The lowest BCUT2D eigenvalue weighted by atomic mass is 10.1. The van der Waals surface area contributed by atoms with Gasteiger partial charge in [-0.2, -0.15) is 0 Å². The molecule has 0 saturated heterocycles. The Morgan fingerprint density at radius 1 is 0.875 bits per heavy atom. The van der Waals surface area contributed by atoms with Crippen LogP contribution >= 0.6 is 0 Å². The second-order valence-electron chi connectivity index (χ2n) is 10.9. The van der Waals surface area contributed by atoms with E-state index in [1.165, 1.54) is 17.0 Å². The number of anilines is 1. The van der Waals surface area contributed by atoms with Gasteiger partial charge in [-0.05, 0) is 83.5 Å². The average Bonchev–Trinajstić information content (AvgIpc) is 2.90. The maximum absolute atomic E-state index is 14.0. The molecule has 3 aromatic rings. The second-order valence-corrected chi connectivity index (χ2v) is 12.8. The molecule has 8 nitrogen and oxygen atoms in total. The number of hydrogen-bond acceptors (Lipinski definition) is 5. The highest BCUT2D eigenvalue weighted by Gasteiger charge is 2.33. The zero-order valence-corrected chi connectivity index (χ0v) is 25.1. The number of nitrogens with one attached hydrogen (secondary N) is 1. The summed E-state index contributed by atoms with van der Waals surface area (Å²) in [5, 5.41) is 2.93. The Bertz CT molecular complexity index is 1410. The Hall–Kier alpha value is -3.85. The molecule has 0 aliphatic rings. The van der Waals surface area contributed by atoms with Crippen molar-refractivity contribution in [1.29, 1.82) is 0 Å². The molecule has 3 rings (SSSR count). The first kappa shape index (κ1) is 30.7. The van der Waals surface area contributed by atoms with E-state index in [2.05, 4.69) is 5.32 Å². The molecule has 0 aliphatic heterocycles. The molecule has 0 saturated carbocycles. The van der Waals surface area contributed by atoms with Crippen molar-refractivity contribution in [3.63, 3.8) is 0 Å². The third kappa shape index (κ3) is 7.85. The fourth-order valence-corrected chi connectivity index (χ4v) is 5.48. The van der Waals surface area contributed by atoms with Crippen LogP contribution in [0.4, 0.5) is 5.69 Å². The van der Waals surface area contributed by atoms with Gasteiger partial charge in [-0.25, -0.2) is 8.42 Å². The van der Waals surface area contributed by atoms with Crippen molar-refractivity contribution in [2.24, 2.45) is 0 Å². The zero-order chi connectivity index (χ0) is 29.7. The normalized spacial score (nSPS) is 12.4. The molecule has 1 unspecified atom stereocenters. The summed E-state index contributed by atoms with van der Waals surface area (Å²) in [6.45, 7) is 10.6. The van der Waals surface area contributed by atoms with Crippen LogP contribution in [0.3, 0.4) is 0 Å². The lowest BCUT2D eigenvalue weighted by molar-refractivity contribution is -0.140. The summed E-state index contributed by atoms with van der Waals surface area (Å²) >= 11 is 0. The van der Waals surface area contributed by atoms with Crippen LogP contribution in [0.25, 0.3) is 0 Å². The fraction of sp³-hybridized carbons (Fsp3) is 0.355. The summed E-state index contributed by atoms with van der Waals surface area (Å²) in [5.41, 5.74) is 2.49. The molecular weight excluding hydrogens is 526 g/mol. The number of carbonyl (C=O) groups is 2. The van der Waals surface area contributed by atoms with Gasteiger partial charge in [-0.1, -0.05) is 47.5 Å². The molecule has 0 heterocycles. The molecule has 0 aromatic heterocycles. The van der Waals surface area contributed by atoms with Crippen molar-refractivity contribution < 1.29 is 22.7 Å². The van der Waals surface area contributed by atoms with E-state index in [0.717, 1.165) is 21.0 Å². The van der Waals surface area contributed by atoms with E-state index in [1.54, 1.807) is 62.6 Å². The van der Waals surface area contributed by atoms with Crippen LogP contribution in [0.5, 0.6) is 5.75 Å². The molecule has 1 atom stereocenters. The van der Waals surface area contributed by atoms with Crippen LogP contribution in [0.2, 0.25) is 0 Å². The van der Waals surface area contributed by atoms with Crippen molar-refractivity contribution in [1.82, 2.24) is 10.2 Å². The summed E-state index contributed by atoms with van der Waals surface area (Å²) in [7, 11) is -2.53. The molecule has 0 radical (unpaired) electrons. The number of methoxy groups -OCH3 is 1. The number of ether oxygens (including phenoxy) is 1. The van der Waals surface area contributed by atoms with Gasteiger partial charge in [0.2, 0.25) is 11.8 Å². The quantitative estimate of drug-likeness (QED) is 0.380. The van der Waals surface area contributed by atoms with Crippen LogP contribution in [-0.4, -0.2) is 50.4 Å². The Morgan fingerprint density at radius 2 is 1.40 bits per heavy atom. The van der Waals surface area contributed by atoms with Gasteiger partial charge in [0, 0.05) is 12.1 Å². The van der Waals surface area contributed by atoms with E-state index in [0.29, 0.717) is 11.4 Å². The van der Waals surface area contributed by atoms with Crippen molar-refractivity contribution in [2.45, 2.75) is 64.6 Å². The Labute approximate surface area is 238 Å². The van der Waals surface area contributed by atoms with Gasteiger partial charge in [-0.3, -0.25) is 13.9 Å². The maximum atomic E-state index is 14.0. The van der Waals surface area contributed by atoms with Crippen LogP contribution in [0.15, 0.2) is 77.7 Å². The fourth-order valence-electron chi connectivity index (χ4n) is 4.06. The third-order valence-corrected chi connectivity index (χ3v) is 8.18. The van der Waals surface area contributed by atoms with Gasteiger partial charge in [0.05, 0.1) is 17.7 Å². The zero-order valence-electron chi connectivity index (χ0n) is 24.3. The molecule has 3 aromatic carbocycles. The number of rotatable bonds is 10. The SMILES string of the molecule is COc1ccc(CN(C(=O)CN(c2ccc(C)cc2)S(=O)(=O)c2ccc(C)cc2)C(C)C(=O)NC(C)(C)C)cc1. The summed E-state index contributed by atoms with van der Waals surface area (Å²) < 4.78 is 34.1. The van der Waals surface area contributed by atoms with Gasteiger partial charge in [0.25, 0.3) is 10.0 Å². The first-order valence-corrected chi connectivity index (χ1v) is 14.6. The predicted octanol–water partition coefficient (Wildman–Crippen LogP) is 4.84. The number of hydrogen-bond donors (Lipinski definition) is 1. The lowest BCUT2D eigenvalue weighted by Gasteiger charge is -2.33. The molecule has 0 bridgehead atoms. The van der Waals surface area contributed by atoms with E-state index < -0.39 is 34.1 Å². The Kier molecular flexibility index (Phi) is 9.63. The summed E-state index contributed by atoms with van der Waals surface area (Å²) in [6, 6.07) is 19.8. The molecule has 0 spiro atoms. The third-order valence-electron chi connectivity index (χ3n) is 6.39. The van der Waals surface area contributed by atoms with Gasteiger partial charge >= 0.3 is 0 Å². The van der Waals surface area contributed by atoms with E-state index in [1.807, 2.05) is 46.8 Å². The molecule has 214 valence electrons. The lowest BCUT2D eigenvalue weighted by Crippen LogP contribution is -2.54. The largest absolute Gasteiger partial charge is 0.497 e. The van der Waals surface area contributed by atoms with Gasteiger partial charge in [0.15, 0.2) is 0 Å². The summed E-state index contributed by atoms with van der Waals surface area (Å²) in [6.07, 6.45) is 0. The van der Waals surface area contributed by atoms with E-state index in [-0.39, 0.29) is 17.3 Å². The van der Waals surface area contributed by atoms with Crippen molar-refractivity contribution >= 4 is 27.5 Å². The summed E-state index contributed by atoms with van der Waals surface area (Å²) in [5.74, 6) is -0.184. The number of amides is 2. The minimum absolute atomic E-state index is 0.0757.